The summed E-state index contributed by atoms with van der Waals surface area (Å²) in [5.74, 6) is 0.589. The predicted octanol–water partition coefficient (Wildman–Crippen LogP) is 4.58. The molecule has 0 unspecified atom stereocenters. The molecule has 27 heavy (non-hydrogen) atoms. The number of hydrogen-bond donors (Lipinski definition) is 1. The van der Waals surface area contributed by atoms with Gasteiger partial charge in [-0.2, -0.15) is 0 Å². The monoisotopic (exact) mass is 385 g/mol. The number of aromatic nitrogens is 2. The van der Waals surface area contributed by atoms with E-state index in [-0.39, 0.29) is 5.91 Å². The van der Waals surface area contributed by atoms with E-state index in [1.165, 1.54) is 7.11 Å². The minimum atomic E-state index is -0.285. The molecule has 0 aliphatic rings. The lowest BCUT2D eigenvalue weighted by Gasteiger charge is -2.14. The number of nitrogens with zero attached hydrogens (tertiary/aromatic N) is 2. The number of ether oxygens (including phenoxy) is 2. The topological polar surface area (TPSA) is 65.4 Å². The Morgan fingerprint density at radius 3 is 2.67 bits per heavy atom. The van der Waals surface area contributed by atoms with E-state index in [1.807, 2.05) is 42.0 Å². The molecule has 0 radical (unpaired) electrons. The highest BCUT2D eigenvalue weighted by Crippen LogP contribution is 2.36. The summed E-state index contributed by atoms with van der Waals surface area (Å²) in [6.07, 6.45) is 6.12. The van der Waals surface area contributed by atoms with Crippen molar-refractivity contribution in [2.45, 2.75) is 13.3 Å². The van der Waals surface area contributed by atoms with E-state index in [2.05, 4.69) is 10.3 Å². The summed E-state index contributed by atoms with van der Waals surface area (Å²) in [5.41, 5.74) is 2.01. The van der Waals surface area contributed by atoms with Crippen LogP contribution in [0.4, 0.5) is 5.69 Å². The summed E-state index contributed by atoms with van der Waals surface area (Å²) in [4.78, 5) is 16.6. The van der Waals surface area contributed by atoms with Crippen LogP contribution in [0.3, 0.4) is 0 Å². The zero-order valence-electron chi connectivity index (χ0n) is 15.1. The molecule has 3 aromatic rings. The SMILES string of the molecule is CCCOc1c(Cl)cc(C(=O)Nc2ccc(-n3ccnc3)cc2)cc1OC. The van der Waals surface area contributed by atoms with Crippen molar-refractivity contribution < 1.29 is 14.3 Å². The van der Waals surface area contributed by atoms with E-state index in [4.69, 9.17) is 21.1 Å². The molecule has 0 saturated carbocycles. The number of methoxy groups -OCH3 is 1. The van der Waals surface area contributed by atoms with Crippen LogP contribution in [0.1, 0.15) is 23.7 Å². The molecule has 0 fully saturated rings. The Morgan fingerprint density at radius 2 is 2.04 bits per heavy atom. The quantitative estimate of drug-likeness (QED) is 0.646. The third-order valence-corrected chi connectivity index (χ3v) is 4.15. The summed E-state index contributed by atoms with van der Waals surface area (Å²) in [6.45, 7) is 2.52. The second-order valence-corrected chi connectivity index (χ2v) is 6.22. The van der Waals surface area contributed by atoms with Gasteiger partial charge in [-0.1, -0.05) is 18.5 Å². The maximum Gasteiger partial charge on any atom is 0.255 e. The van der Waals surface area contributed by atoms with Crippen molar-refractivity contribution in [3.05, 3.63) is 65.7 Å². The van der Waals surface area contributed by atoms with Crippen molar-refractivity contribution in [2.24, 2.45) is 0 Å². The molecule has 1 aromatic heterocycles. The molecule has 0 atom stereocenters. The fourth-order valence-electron chi connectivity index (χ4n) is 2.53. The highest BCUT2D eigenvalue weighted by molar-refractivity contribution is 6.32. The molecule has 3 rings (SSSR count). The minimum absolute atomic E-state index is 0.285. The fourth-order valence-corrected chi connectivity index (χ4v) is 2.79. The van der Waals surface area contributed by atoms with Crippen LogP contribution in [0.5, 0.6) is 11.5 Å². The van der Waals surface area contributed by atoms with Gasteiger partial charge < -0.3 is 19.4 Å². The lowest BCUT2D eigenvalue weighted by molar-refractivity contribution is 0.102. The van der Waals surface area contributed by atoms with Crippen molar-refractivity contribution in [1.29, 1.82) is 0 Å². The molecular formula is C20H20ClN3O3. The number of benzene rings is 2. The first-order chi connectivity index (χ1) is 13.1. The van der Waals surface area contributed by atoms with Crippen LogP contribution in [0.25, 0.3) is 5.69 Å². The normalized spacial score (nSPS) is 10.5. The highest BCUT2D eigenvalue weighted by Gasteiger charge is 2.16. The van der Waals surface area contributed by atoms with Crippen molar-refractivity contribution in [1.82, 2.24) is 9.55 Å². The molecule has 1 heterocycles. The number of carbonyl (C=O) groups excluding carboxylic acids is 1. The van der Waals surface area contributed by atoms with Crippen LogP contribution < -0.4 is 14.8 Å². The number of carbonyl (C=O) groups is 1. The molecule has 0 aliphatic carbocycles. The van der Waals surface area contributed by atoms with Crippen LogP contribution in [-0.2, 0) is 0 Å². The first-order valence-corrected chi connectivity index (χ1v) is 8.90. The highest BCUT2D eigenvalue weighted by atomic mass is 35.5. The second kappa shape index (κ2) is 8.60. The summed E-state index contributed by atoms with van der Waals surface area (Å²) in [6, 6.07) is 10.6. The van der Waals surface area contributed by atoms with E-state index in [0.29, 0.717) is 34.4 Å². The standard InChI is InChI=1S/C20H20ClN3O3/c1-3-10-27-19-17(21)11-14(12-18(19)26-2)20(25)23-15-4-6-16(7-5-15)24-9-8-22-13-24/h4-9,11-13H,3,10H2,1-2H3,(H,23,25). The van der Waals surface area contributed by atoms with Crippen molar-refractivity contribution in [3.8, 4) is 17.2 Å². The molecular weight excluding hydrogens is 366 g/mol. The van der Waals surface area contributed by atoms with Crippen LogP contribution in [0.15, 0.2) is 55.1 Å². The largest absolute Gasteiger partial charge is 0.493 e. The molecule has 0 aliphatic heterocycles. The van der Waals surface area contributed by atoms with Crippen LogP contribution in [0.2, 0.25) is 5.02 Å². The molecule has 7 heteroatoms. The van der Waals surface area contributed by atoms with Gasteiger partial charge in [-0.25, -0.2) is 4.98 Å². The Labute approximate surface area is 162 Å². The molecule has 140 valence electrons. The Balaban J connectivity index is 1.76. The summed E-state index contributed by atoms with van der Waals surface area (Å²) in [7, 11) is 1.51. The zero-order chi connectivity index (χ0) is 19.2. The summed E-state index contributed by atoms with van der Waals surface area (Å²) in [5, 5.41) is 3.19. The third kappa shape index (κ3) is 4.41. The minimum Gasteiger partial charge on any atom is -0.493 e. The van der Waals surface area contributed by atoms with Crippen LogP contribution in [0, 0.1) is 0 Å². The summed E-state index contributed by atoms with van der Waals surface area (Å²) >= 11 is 6.28. The van der Waals surface area contributed by atoms with Gasteiger partial charge >= 0.3 is 0 Å². The number of amides is 1. The van der Waals surface area contributed by atoms with Gasteiger partial charge in [0.25, 0.3) is 5.91 Å². The maximum absolute atomic E-state index is 12.6. The number of nitrogens with one attached hydrogen (secondary N) is 1. The van der Waals surface area contributed by atoms with Gasteiger partial charge in [-0.05, 0) is 42.8 Å². The average molecular weight is 386 g/mol. The van der Waals surface area contributed by atoms with Gasteiger partial charge in [-0.15, -0.1) is 0 Å². The molecule has 0 spiro atoms. The number of anilines is 1. The van der Waals surface area contributed by atoms with E-state index in [0.717, 1.165) is 12.1 Å². The third-order valence-electron chi connectivity index (χ3n) is 3.87. The van der Waals surface area contributed by atoms with Crippen LogP contribution >= 0.6 is 11.6 Å². The smallest absolute Gasteiger partial charge is 0.255 e. The first-order valence-electron chi connectivity index (χ1n) is 8.52. The van der Waals surface area contributed by atoms with Crippen molar-refractivity contribution in [2.75, 3.05) is 19.0 Å². The van der Waals surface area contributed by atoms with Crippen molar-refractivity contribution in [3.63, 3.8) is 0 Å². The molecule has 6 nitrogen and oxygen atoms in total. The lowest BCUT2D eigenvalue weighted by atomic mass is 10.1. The summed E-state index contributed by atoms with van der Waals surface area (Å²) < 4.78 is 12.8. The molecule has 2 aromatic carbocycles. The van der Waals surface area contributed by atoms with Gasteiger partial charge in [0.2, 0.25) is 0 Å². The van der Waals surface area contributed by atoms with E-state index >= 15 is 0 Å². The zero-order valence-corrected chi connectivity index (χ0v) is 15.9. The lowest BCUT2D eigenvalue weighted by Crippen LogP contribution is -2.12. The second-order valence-electron chi connectivity index (χ2n) is 5.81. The van der Waals surface area contributed by atoms with Gasteiger partial charge in [0.1, 0.15) is 0 Å². The van der Waals surface area contributed by atoms with E-state index in [9.17, 15) is 4.79 Å². The van der Waals surface area contributed by atoms with Gasteiger partial charge in [0.15, 0.2) is 11.5 Å². The molecule has 1 N–H and O–H groups in total. The Kier molecular flexibility index (Phi) is 5.98. The molecule has 0 bridgehead atoms. The van der Waals surface area contributed by atoms with E-state index < -0.39 is 0 Å². The number of halogens is 1. The number of rotatable bonds is 7. The Bertz CT molecular complexity index is 909. The van der Waals surface area contributed by atoms with Gasteiger partial charge in [-0.3, -0.25) is 4.79 Å². The maximum atomic E-state index is 12.6. The first kappa shape index (κ1) is 18.8. The fraction of sp³-hybridized carbons (Fsp3) is 0.200. The van der Waals surface area contributed by atoms with E-state index in [1.54, 1.807) is 24.7 Å². The molecule has 1 amide bonds. The van der Waals surface area contributed by atoms with Crippen LogP contribution in [-0.4, -0.2) is 29.2 Å². The van der Waals surface area contributed by atoms with Crippen molar-refractivity contribution >= 4 is 23.2 Å². The van der Waals surface area contributed by atoms with Gasteiger partial charge in [0.05, 0.1) is 25.1 Å². The average Bonchev–Trinajstić information content (AvgIpc) is 3.21. The molecule has 0 saturated heterocycles. The number of imidazole rings is 1. The number of hydrogen-bond acceptors (Lipinski definition) is 4. The Hall–Kier alpha value is -2.99. The Morgan fingerprint density at radius 1 is 1.26 bits per heavy atom. The predicted molar refractivity (Wildman–Crippen MR) is 105 cm³/mol. The van der Waals surface area contributed by atoms with Gasteiger partial charge in [0, 0.05) is 29.3 Å².